The van der Waals surface area contributed by atoms with Crippen LogP contribution in [-0.4, -0.2) is 47.2 Å². The second-order valence-electron chi connectivity index (χ2n) is 5.33. The Kier molecular flexibility index (Phi) is 4.35. The molecule has 0 aromatic heterocycles. The Bertz CT molecular complexity index is 391. The normalized spacial score (nSPS) is 20.5. The SMILES string of the molecule is CC1CCN(C(=O)CCCN2C(=O)C=CC2=O)CC1. The highest BCUT2D eigenvalue weighted by Crippen LogP contribution is 2.17. The molecule has 0 unspecified atom stereocenters. The first-order valence-electron chi connectivity index (χ1n) is 6.89. The van der Waals surface area contributed by atoms with E-state index in [1.165, 1.54) is 17.1 Å². The summed E-state index contributed by atoms with van der Waals surface area (Å²) >= 11 is 0. The molecule has 0 radical (unpaired) electrons. The maximum absolute atomic E-state index is 12.0. The molecule has 0 aromatic carbocycles. The highest BCUT2D eigenvalue weighted by molar-refractivity contribution is 6.12. The summed E-state index contributed by atoms with van der Waals surface area (Å²) in [6.45, 7) is 4.21. The monoisotopic (exact) mass is 264 g/mol. The fourth-order valence-corrected chi connectivity index (χ4v) is 2.46. The lowest BCUT2D eigenvalue weighted by atomic mass is 9.99. The number of carbonyl (C=O) groups excluding carboxylic acids is 3. The number of nitrogens with zero attached hydrogens (tertiary/aromatic N) is 2. The summed E-state index contributed by atoms with van der Waals surface area (Å²) in [7, 11) is 0. The Balaban J connectivity index is 1.69. The van der Waals surface area contributed by atoms with Crippen LogP contribution in [0.1, 0.15) is 32.6 Å². The molecular formula is C14H20N2O3. The van der Waals surface area contributed by atoms with Gasteiger partial charge in [0.2, 0.25) is 5.91 Å². The van der Waals surface area contributed by atoms with Gasteiger partial charge in [0.05, 0.1) is 0 Å². The summed E-state index contributed by atoms with van der Waals surface area (Å²) in [4.78, 5) is 37.7. The standard InChI is InChI=1S/C14H20N2O3/c1-11-6-9-15(10-7-11)12(17)3-2-8-16-13(18)4-5-14(16)19/h4-5,11H,2-3,6-10H2,1H3. The van der Waals surface area contributed by atoms with Crippen LogP contribution in [0.25, 0.3) is 0 Å². The molecule has 0 N–H and O–H groups in total. The van der Waals surface area contributed by atoms with E-state index in [4.69, 9.17) is 0 Å². The van der Waals surface area contributed by atoms with Crippen molar-refractivity contribution in [3.8, 4) is 0 Å². The van der Waals surface area contributed by atoms with Gasteiger partial charge in [0.1, 0.15) is 0 Å². The minimum atomic E-state index is -0.274. The first kappa shape index (κ1) is 13.8. The van der Waals surface area contributed by atoms with Gasteiger partial charge >= 0.3 is 0 Å². The van der Waals surface area contributed by atoms with Crippen LogP contribution in [0.3, 0.4) is 0 Å². The summed E-state index contributed by atoms with van der Waals surface area (Å²) in [5.74, 6) is 0.294. The number of carbonyl (C=O) groups is 3. The van der Waals surface area contributed by atoms with E-state index in [0.29, 0.717) is 25.3 Å². The van der Waals surface area contributed by atoms with Gasteiger partial charge in [0.25, 0.3) is 11.8 Å². The molecule has 2 heterocycles. The van der Waals surface area contributed by atoms with Crippen LogP contribution >= 0.6 is 0 Å². The second-order valence-corrected chi connectivity index (χ2v) is 5.33. The van der Waals surface area contributed by atoms with Gasteiger partial charge in [-0.3, -0.25) is 19.3 Å². The molecule has 0 atom stereocenters. The molecule has 0 saturated carbocycles. The molecule has 0 aliphatic carbocycles. The molecule has 19 heavy (non-hydrogen) atoms. The van der Waals surface area contributed by atoms with E-state index in [2.05, 4.69) is 6.92 Å². The van der Waals surface area contributed by atoms with Crippen molar-refractivity contribution in [3.63, 3.8) is 0 Å². The predicted molar refractivity (Wildman–Crippen MR) is 70.1 cm³/mol. The topological polar surface area (TPSA) is 57.7 Å². The number of rotatable bonds is 4. The molecule has 0 aromatic rings. The summed E-state index contributed by atoms with van der Waals surface area (Å²) in [6.07, 6.45) is 5.64. The minimum absolute atomic E-state index is 0.138. The predicted octanol–water partition coefficient (Wildman–Crippen LogP) is 0.950. The maximum Gasteiger partial charge on any atom is 0.253 e. The molecule has 0 spiro atoms. The molecule has 3 amide bonds. The van der Waals surface area contributed by atoms with Gasteiger partial charge < -0.3 is 4.90 Å². The lowest BCUT2D eigenvalue weighted by Crippen LogP contribution is -2.38. The van der Waals surface area contributed by atoms with Gasteiger partial charge in [-0.15, -0.1) is 0 Å². The Morgan fingerprint density at radius 2 is 1.79 bits per heavy atom. The Morgan fingerprint density at radius 1 is 1.21 bits per heavy atom. The molecule has 5 nitrogen and oxygen atoms in total. The van der Waals surface area contributed by atoms with E-state index in [-0.39, 0.29) is 17.7 Å². The number of hydrogen-bond acceptors (Lipinski definition) is 3. The molecule has 5 heteroatoms. The number of amides is 3. The van der Waals surface area contributed by atoms with E-state index in [1.807, 2.05) is 4.90 Å². The fraction of sp³-hybridized carbons (Fsp3) is 0.643. The van der Waals surface area contributed by atoms with Crippen molar-refractivity contribution in [2.45, 2.75) is 32.6 Å². The van der Waals surface area contributed by atoms with Gasteiger partial charge in [-0.05, 0) is 25.2 Å². The third-order valence-corrected chi connectivity index (χ3v) is 3.81. The number of likely N-dealkylation sites (tertiary alicyclic amines) is 1. The van der Waals surface area contributed by atoms with Crippen LogP contribution in [-0.2, 0) is 14.4 Å². The fourth-order valence-electron chi connectivity index (χ4n) is 2.46. The third-order valence-electron chi connectivity index (χ3n) is 3.81. The van der Waals surface area contributed by atoms with Crippen molar-refractivity contribution >= 4 is 17.7 Å². The van der Waals surface area contributed by atoms with E-state index in [9.17, 15) is 14.4 Å². The Labute approximate surface area is 113 Å². The molecule has 2 aliphatic heterocycles. The zero-order chi connectivity index (χ0) is 13.8. The van der Waals surface area contributed by atoms with Crippen molar-refractivity contribution in [1.82, 2.24) is 9.80 Å². The lowest BCUT2D eigenvalue weighted by molar-refractivity contribution is -0.138. The van der Waals surface area contributed by atoms with Crippen LogP contribution in [0, 0.1) is 5.92 Å². The zero-order valence-electron chi connectivity index (χ0n) is 11.3. The Hall–Kier alpha value is -1.65. The number of imide groups is 1. The molecule has 2 aliphatic rings. The molecule has 1 fully saturated rings. The van der Waals surface area contributed by atoms with Gasteiger partial charge in [-0.25, -0.2) is 0 Å². The van der Waals surface area contributed by atoms with Crippen LogP contribution in [0.15, 0.2) is 12.2 Å². The van der Waals surface area contributed by atoms with Crippen molar-refractivity contribution < 1.29 is 14.4 Å². The quantitative estimate of drug-likeness (QED) is 0.710. The van der Waals surface area contributed by atoms with Gasteiger partial charge in [0.15, 0.2) is 0 Å². The zero-order valence-corrected chi connectivity index (χ0v) is 11.3. The van der Waals surface area contributed by atoms with E-state index >= 15 is 0 Å². The van der Waals surface area contributed by atoms with Crippen LogP contribution < -0.4 is 0 Å². The smallest absolute Gasteiger partial charge is 0.253 e. The van der Waals surface area contributed by atoms with Crippen molar-refractivity contribution in [3.05, 3.63) is 12.2 Å². The molecule has 0 bridgehead atoms. The first-order valence-corrected chi connectivity index (χ1v) is 6.89. The van der Waals surface area contributed by atoms with Gasteiger partial charge in [-0.1, -0.05) is 6.92 Å². The average Bonchev–Trinajstić information content (AvgIpc) is 2.71. The average molecular weight is 264 g/mol. The number of hydrogen-bond donors (Lipinski definition) is 0. The Morgan fingerprint density at radius 3 is 2.37 bits per heavy atom. The largest absolute Gasteiger partial charge is 0.343 e. The summed E-state index contributed by atoms with van der Waals surface area (Å²) in [6, 6.07) is 0. The van der Waals surface area contributed by atoms with E-state index < -0.39 is 0 Å². The van der Waals surface area contributed by atoms with Crippen LogP contribution in [0.4, 0.5) is 0 Å². The first-order chi connectivity index (χ1) is 9.08. The second kappa shape index (κ2) is 5.99. The van der Waals surface area contributed by atoms with Crippen LogP contribution in [0.5, 0.6) is 0 Å². The van der Waals surface area contributed by atoms with Crippen molar-refractivity contribution in [2.24, 2.45) is 5.92 Å². The molecule has 2 rings (SSSR count). The number of piperidine rings is 1. The maximum atomic E-state index is 12.0. The minimum Gasteiger partial charge on any atom is -0.343 e. The molecule has 1 saturated heterocycles. The highest BCUT2D eigenvalue weighted by atomic mass is 16.2. The highest BCUT2D eigenvalue weighted by Gasteiger charge is 2.24. The van der Waals surface area contributed by atoms with E-state index in [0.717, 1.165) is 25.9 Å². The summed E-state index contributed by atoms with van der Waals surface area (Å²) in [5, 5.41) is 0. The van der Waals surface area contributed by atoms with Crippen molar-refractivity contribution in [2.75, 3.05) is 19.6 Å². The molecule has 104 valence electrons. The summed E-state index contributed by atoms with van der Waals surface area (Å²) in [5.41, 5.74) is 0. The molecular weight excluding hydrogens is 244 g/mol. The van der Waals surface area contributed by atoms with Crippen molar-refractivity contribution in [1.29, 1.82) is 0 Å². The van der Waals surface area contributed by atoms with Gasteiger partial charge in [-0.2, -0.15) is 0 Å². The third kappa shape index (κ3) is 3.43. The van der Waals surface area contributed by atoms with E-state index in [1.54, 1.807) is 0 Å². The van der Waals surface area contributed by atoms with Crippen LogP contribution in [0.2, 0.25) is 0 Å². The van der Waals surface area contributed by atoms with Gasteiger partial charge in [0, 0.05) is 38.2 Å². The lowest BCUT2D eigenvalue weighted by Gasteiger charge is -2.30. The summed E-state index contributed by atoms with van der Waals surface area (Å²) < 4.78 is 0.